The first kappa shape index (κ1) is 29.5. The Morgan fingerprint density at radius 3 is 2.52 bits per heavy atom. The van der Waals surface area contributed by atoms with E-state index in [1.165, 1.54) is 0 Å². The highest BCUT2D eigenvalue weighted by Crippen LogP contribution is 2.44. The zero-order valence-corrected chi connectivity index (χ0v) is 22.8. The zero-order chi connectivity index (χ0) is 29.6. The van der Waals surface area contributed by atoms with E-state index in [2.05, 4.69) is 30.3 Å². The van der Waals surface area contributed by atoms with Crippen LogP contribution < -0.4 is 25.8 Å². The fourth-order valence-corrected chi connectivity index (χ4v) is 4.86. The molecule has 3 heterocycles. The molecule has 0 amide bonds. The van der Waals surface area contributed by atoms with Crippen molar-refractivity contribution in [1.29, 1.82) is 0 Å². The van der Waals surface area contributed by atoms with Crippen molar-refractivity contribution >= 4 is 38.4 Å². The molecule has 0 saturated heterocycles. The molecule has 5 N–H and O–H groups in total. The Hall–Kier alpha value is -3.53. The molecule has 0 bridgehead atoms. The van der Waals surface area contributed by atoms with Crippen LogP contribution in [0.5, 0.6) is 5.88 Å². The molecule has 40 heavy (non-hydrogen) atoms. The number of halogens is 5. The number of nitrogens with two attached hydrogens (primary N) is 1. The van der Waals surface area contributed by atoms with Crippen molar-refractivity contribution in [2.45, 2.75) is 51.9 Å². The summed E-state index contributed by atoms with van der Waals surface area (Å²) in [5.74, 6) is -3.52. The van der Waals surface area contributed by atoms with Gasteiger partial charge in [0.15, 0.2) is 5.82 Å². The topological polar surface area (TPSA) is 144 Å². The fourth-order valence-electron chi connectivity index (χ4n) is 4.44. The van der Waals surface area contributed by atoms with Gasteiger partial charge in [-0.15, -0.1) is 0 Å². The number of anilines is 3. The summed E-state index contributed by atoms with van der Waals surface area (Å²) in [6, 6.07) is 0.594. The van der Waals surface area contributed by atoms with Crippen LogP contribution in [0.4, 0.5) is 39.4 Å². The van der Waals surface area contributed by atoms with Gasteiger partial charge in [-0.1, -0.05) is 6.92 Å². The van der Waals surface area contributed by atoms with E-state index in [1.54, 1.807) is 6.92 Å². The lowest BCUT2D eigenvalue weighted by atomic mass is 9.96. The lowest BCUT2D eigenvalue weighted by molar-refractivity contribution is -0.137. The molecular weight excluding hydrogens is 561 g/mol. The quantitative estimate of drug-likeness (QED) is 0.260. The molecule has 0 saturated carbocycles. The molecule has 218 valence electrons. The van der Waals surface area contributed by atoms with E-state index in [-0.39, 0.29) is 29.7 Å². The molecule has 3 aromatic rings. The number of rotatable bonds is 4. The van der Waals surface area contributed by atoms with Gasteiger partial charge < -0.3 is 21.1 Å². The number of nitrogen functional groups attached to an aromatic ring is 1. The smallest absolute Gasteiger partial charge is 0.417 e. The zero-order valence-electron chi connectivity index (χ0n) is 22.0. The van der Waals surface area contributed by atoms with Crippen molar-refractivity contribution < 1.29 is 35.1 Å². The number of nitrogens with zero attached hydrogens (tertiary/aromatic N) is 3. The van der Waals surface area contributed by atoms with Gasteiger partial charge in [0.05, 0.1) is 23.6 Å². The summed E-state index contributed by atoms with van der Waals surface area (Å²) >= 11 is 0. The average Bonchev–Trinajstić information content (AvgIpc) is 2.86. The van der Waals surface area contributed by atoms with Crippen LogP contribution >= 0.6 is 0 Å². The van der Waals surface area contributed by atoms with Gasteiger partial charge in [0, 0.05) is 18.2 Å². The van der Waals surface area contributed by atoms with Crippen molar-refractivity contribution in [1.82, 2.24) is 20.3 Å². The second kappa shape index (κ2) is 10.8. The first-order valence-corrected chi connectivity index (χ1v) is 14.2. The summed E-state index contributed by atoms with van der Waals surface area (Å²) in [6.07, 6.45) is -3.65. The Kier molecular flexibility index (Phi) is 7.95. The molecule has 0 spiro atoms. The van der Waals surface area contributed by atoms with Crippen LogP contribution in [0.15, 0.2) is 6.07 Å². The molecule has 1 aromatic carbocycles. The number of ether oxygens (including phenoxy) is 1. The van der Waals surface area contributed by atoms with E-state index in [0.29, 0.717) is 25.5 Å². The molecule has 0 fully saturated rings. The highest BCUT2D eigenvalue weighted by Gasteiger charge is 2.39. The monoisotopic (exact) mass is 589 g/mol. The largest absolute Gasteiger partial charge is 0.474 e. The van der Waals surface area contributed by atoms with Gasteiger partial charge in [-0.3, -0.25) is 4.72 Å². The number of nitrogens with one attached hydrogen (secondary N) is 3. The van der Waals surface area contributed by atoms with Crippen molar-refractivity contribution in [2.75, 3.05) is 35.1 Å². The highest BCUT2D eigenvalue weighted by molar-refractivity contribution is 7.92. The van der Waals surface area contributed by atoms with E-state index in [0.717, 1.165) is 13.2 Å². The molecule has 0 radical (unpaired) electrons. The Labute approximate surface area is 227 Å². The SMILES string of the molecule is CCC1CNc2nc(NS(C)(=O)=O)nc3c(F)c(-c4cc(N)c(F)c(C)c4C(F)(F)F)nc(c23)O[C@@H](C)CCN1. The van der Waals surface area contributed by atoms with Crippen molar-refractivity contribution in [3.05, 3.63) is 28.8 Å². The van der Waals surface area contributed by atoms with Crippen LogP contribution in [-0.4, -0.2) is 54.9 Å². The van der Waals surface area contributed by atoms with Gasteiger partial charge >= 0.3 is 6.18 Å². The third-order valence-corrected chi connectivity index (χ3v) is 6.95. The minimum Gasteiger partial charge on any atom is -0.474 e. The number of benzene rings is 1. The normalized spacial score (nSPS) is 18.5. The lowest BCUT2D eigenvalue weighted by Crippen LogP contribution is -2.36. The maximum Gasteiger partial charge on any atom is 0.417 e. The number of hydrogen-bond donors (Lipinski definition) is 4. The average molecular weight is 590 g/mol. The molecule has 0 aliphatic carbocycles. The Morgan fingerprint density at radius 1 is 1.20 bits per heavy atom. The van der Waals surface area contributed by atoms with Gasteiger partial charge in [-0.05, 0) is 44.9 Å². The Morgan fingerprint density at radius 2 is 1.90 bits per heavy atom. The molecule has 1 aliphatic rings. The molecule has 2 aromatic heterocycles. The summed E-state index contributed by atoms with van der Waals surface area (Å²) in [7, 11) is -3.93. The summed E-state index contributed by atoms with van der Waals surface area (Å²) in [5, 5.41) is 6.26. The molecule has 1 unspecified atom stereocenters. The Balaban J connectivity index is 2.11. The minimum atomic E-state index is -5.10. The minimum absolute atomic E-state index is 0.0516. The Bertz CT molecular complexity index is 1570. The van der Waals surface area contributed by atoms with Crippen LogP contribution in [0.1, 0.15) is 37.8 Å². The second-order valence-electron chi connectivity index (χ2n) is 9.56. The summed E-state index contributed by atoms with van der Waals surface area (Å²) in [4.78, 5) is 12.3. The van der Waals surface area contributed by atoms with Gasteiger partial charge in [0.2, 0.25) is 21.9 Å². The maximum atomic E-state index is 16.2. The summed E-state index contributed by atoms with van der Waals surface area (Å²) in [6.45, 7) is 5.33. The number of pyridine rings is 1. The highest BCUT2D eigenvalue weighted by atomic mass is 32.2. The van der Waals surface area contributed by atoms with Gasteiger partial charge in [-0.2, -0.15) is 18.2 Å². The van der Waals surface area contributed by atoms with Crippen molar-refractivity contribution in [2.24, 2.45) is 0 Å². The van der Waals surface area contributed by atoms with Gasteiger partial charge in [0.1, 0.15) is 28.2 Å². The first-order chi connectivity index (χ1) is 18.6. The predicted molar refractivity (Wildman–Crippen MR) is 141 cm³/mol. The van der Waals surface area contributed by atoms with E-state index < -0.39 is 73.5 Å². The third kappa shape index (κ3) is 5.96. The van der Waals surface area contributed by atoms with Crippen molar-refractivity contribution in [3.63, 3.8) is 0 Å². The lowest BCUT2D eigenvalue weighted by Gasteiger charge is -2.21. The van der Waals surface area contributed by atoms with E-state index in [1.807, 2.05) is 6.92 Å². The number of hydrogen-bond acceptors (Lipinski definition) is 9. The molecule has 2 atom stereocenters. The van der Waals surface area contributed by atoms with Crippen LogP contribution in [-0.2, 0) is 16.2 Å². The maximum absolute atomic E-state index is 16.2. The van der Waals surface area contributed by atoms with Crippen LogP contribution in [0, 0.1) is 18.6 Å². The second-order valence-corrected chi connectivity index (χ2v) is 11.3. The number of alkyl halides is 3. The van der Waals surface area contributed by atoms with E-state index in [4.69, 9.17) is 10.5 Å². The van der Waals surface area contributed by atoms with Gasteiger partial charge in [-0.25, -0.2) is 27.2 Å². The summed E-state index contributed by atoms with van der Waals surface area (Å²) in [5.41, 5.74) is 0.426. The first-order valence-electron chi connectivity index (χ1n) is 12.3. The number of aromatic nitrogens is 3. The van der Waals surface area contributed by atoms with Crippen LogP contribution in [0.25, 0.3) is 22.2 Å². The molecule has 1 aliphatic heterocycles. The van der Waals surface area contributed by atoms with Crippen LogP contribution in [0.2, 0.25) is 0 Å². The molecular formula is C24H28F5N7O3S. The predicted octanol–water partition coefficient (Wildman–Crippen LogP) is 4.20. The van der Waals surface area contributed by atoms with Crippen LogP contribution in [0.3, 0.4) is 0 Å². The van der Waals surface area contributed by atoms with E-state index >= 15 is 4.39 Å². The third-order valence-electron chi connectivity index (χ3n) is 6.40. The standard InChI is InChI=1S/C24H28F5N7O3S/c1-5-12-9-32-21-15-20(34-23(35-21)36-40(4,37)38)18(26)19(33-22(15)39-10(2)6-7-31-12)13-8-14(30)17(25)11(3)16(13)24(27,28)29/h8,10,12,31H,5-7,9,30H2,1-4H3,(H2,32,34,35,36)/t10-,12?/m0/s1. The molecule has 16 heteroatoms. The van der Waals surface area contributed by atoms with E-state index in [9.17, 15) is 26.0 Å². The molecule has 4 rings (SSSR count). The van der Waals surface area contributed by atoms with Gasteiger partial charge in [0.25, 0.3) is 0 Å². The molecule has 10 nitrogen and oxygen atoms in total. The number of sulfonamides is 1. The van der Waals surface area contributed by atoms with Crippen molar-refractivity contribution in [3.8, 4) is 17.1 Å². The fraction of sp³-hybridized carbons (Fsp3) is 0.458. The summed E-state index contributed by atoms with van der Waals surface area (Å²) < 4.78 is 105.